The van der Waals surface area contributed by atoms with Gasteiger partial charge >= 0.3 is 0 Å². The molecule has 0 heterocycles. The summed E-state index contributed by atoms with van der Waals surface area (Å²) in [6.07, 6.45) is 1.93. The van der Waals surface area contributed by atoms with Gasteiger partial charge in [-0.1, -0.05) is 13.8 Å². The van der Waals surface area contributed by atoms with Crippen molar-refractivity contribution in [3.63, 3.8) is 0 Å². The molecule has 0 aromatic rings. The number of aliphatic hydroxyl groups is 1. The van der Waals surface area contributed by atoms with Crippen molar-refractivity contribution >= 4 is 0 Å². The Morgan fingerprint density at radius 2 is 1.75 bits per heavy atom. The fourth-order valence-electron chi connectivity index (χ4n) is 0.840. The minimum absolute atomic E-state index is 0.192. The van der Waals surface area contributed by atoms with Crippen LogP contribution in [0, 0.1) is 5.92 Å². The summed E-state index contributed by atoms with van der Waals surface area (Å²) in [7, 11) is 0. The Hall–Kier alpha value is -0.0800. The van der Waals surface area contributed by atoms with Gasteiger partial charge in [-0.3, -0.25) is 0 Å². The van der Waals surface area contributed by atoms with E-state index in [1.54, 1.807) is 0 Å². The molecule has 0 saturated heterocycles. The van der Waals surface area contributed by atoms with Crippen LogP contribution in [0.5, 0.6) is 0 Å². The van der Waals surface area contributed by atoms with E-state index in [1.807, 2.05) is 6.92 Å². The van der Waals surface area contributed by atoms with Crippen molar-refractivity contribution < 1.29 is 9.84 Å². The van der Waals surface area contributed by atoms with Gasteiger partial charge in [0.1, 0.15) is 0 Å². The van der Waals surface area contributed by atoms with Crippen LogP contribution < -0.4 is 0 Å². The summed E-state index contributed by atoms with van der Waals surface area (Å²) < 4.78 is 5.54. The van der Waals surface area contributed by atoms with Gasteiger partial charge in [0.05, 0.1) is 12.2 Å². The van der Waals surface area contributed by atoms with Gasteiger partial charge in [-0.15, -0.1) is 0 Å². The molecule has 1 N–H and O–H groups in total. The highest BCUT2D eigenvalue weighted by Crippen LogP contribution is 2.06. The minimum atomic E-state index is -0.192. The third-order valence-electron chi connectivity index (χ3n) is 2.09. The molecule has 0 aliphatic rings. The first-order chi connectivity index (χ1) is 5.54. The summed E-state index contributed by atoms with van der Waals surface area (Å²) in [4.78, 5) is 0. The maximum atomic E-state index is 8.97. The maximum Gasteiger partial charge on any atom is 0.0569 e. The van der Waals surface area contributed by atoms with Crippen LogP contribution >= 0.6 is 0 Å². The van der Waals surface area contributed by atoms with Crippen molar-refractivity contribution in [1.29, 1.82) is 0 Å². The van der Waals surface area contributed by atoms with Crippen LogP contribution in [0.1, 0.15) is 40.5 Å². The lowest BCUT2D eigenvalue weighted by Crippen LogP contribution is -2.16. The standard InChI is InChI=1S/C10H22O2/c1-8(2)10(4)12-7-5-6-9(3)11/h8-11H,5-7H2,1-4H3. The monoisotopic (exact) mass is 174 g/mol. The summed E-state index contributed by atoms with van der Waals surface area (Å²) in [6.45, 7) is 8.97. The smallest absolute Gasteiger partial charge is 0.0569 e. The minimum Gasteiger partial charge on any atom is -0.393 e. The van der Waals surface area contributed by atoms with Crippen molar-refractivity contribution in [1.82, 2.24) is 0 Å². The molecule has 2 unspecified atom stereocenters. The second-order valence-electron chi connectivity index (χ2n) is 3.81. The lowest BCUT2D eigenvalue weighted by Gasteiger charge is -2.16. The Balaban J connectivity index is 3.20. The van der Waals surface area contributed by atoms with Gasteiger partial charge in [-0.25, -0.2) is 0 Å². The fraction of sp³-hybridized carbons (Fsp3) is 1.00. The van der Waals surface area contributed by atoms with Gasteiger partial charge in [0.15, 0.2) is 0 Å². The van der Waals surface area contributed by atoms with Crippen molar-refractivity contribution in [3.05, 3.63) is 0 Å². The highest BCUT2D eigenvalue weighted by Gasteiger charge is 2.06. The van der Waals surface area contributed by atoms with Gasteiger partial charge < -0.3 is 9.84 Å². The molecule has 2 nitrogen and oxygen atoms in total. The molecule has 2 heteroatoms. The highest BCUT2D eigenvalue weighted by molar-refractivity contribution is 4.55. The van der Waals surface area contributed by atoms with E-state index in [-0.39, 0.29) is 6.10 Å². The molecule has 0 bridgehead atoms. The van der Waals surface area contributed by atoms with E-state index in [9.17, 15) is 0 Å². The highest BCUT2D eigenvalue weighted by atomic mass is 16.5. The fourth-order valence-corrected chi connectivity index (χ4v) is 0.840. The molecule has 2 atom stereocenters. The van der Waals surface area contributed by atoms with E-state index in [4.69, 9.17) is 9.84 Å². The molecule has 0 rings (SSSR count). The number of ether oxygens (including phenoxy) is 1. The lowest BCUT2D eigenvalue weighted by atomic mass is 10.1. The van der Waals surface area contributed by atoms with E-state index in [2.05, 4.69) is 20.8 Å². The molecule has 0 spiro atoms. The van der Waals surface area contributed by atoms with Crippen LogP contribution in [0.4, 0.5) is 0 Å². The molecule has 0 fully saturated rings. The second kappa shape index (κ2) is 6.44. The summed E-state index contributed by atoms with van der Waals surface area (Å²) in [6, 6.07) is 0. The topological polar surface area (TPSA) is 29.5 Å². The summed E-state index contributed by atoms with van der Waals surface area (Å²) in [5.41, 5.74) is 0. The SMILES string of the molecule is CC(O)CCCOC(C)C(C)C. The Kier molecular flexibility index (Phi) is 6.39. The average molecular weight is 174 g/mol. The third kappa shape index (κ3) is 6.62. The van der Waals surface area contributed by atoms with E-state index < -0.39 is 0 Å². The quantitative estimate of drug-likeness (QED) is 0.626. The molecular formula is C10H22O2. The van der Waals surface area contributed by atoms with Gasteiger partial charge in [-0.2, -0.15) is 0 Å². The molecule has 0 radical (unpaired) electrons. The average Bonchev–Trinajstić information content (AvgIpc) is 1.97. The van der Waals surface area contributed by atoms with Crippen molar-refractivity contribution in [3.8, 4) is 0 Å². The number of rotatable bonds is 6. The summed E-state index contributed by atoms with van der Waals surface area (Å²) in [5.74, 6) is 0.580. The first kappa shape index (κ1) is 11.9. The maximum absolute atomic E-state index is 8.97. The zero-order valence-electron chi connectivity index (χ0n) is 8.71. The first-order valence-corrected chi connectivity index (χ1v) is 4.83. The summed E-state index contributed by atoms with van der Waals surface area (Å²) >= 11 is 0. The zero-order valence-corrected chi connectivity index (χ0v) is 8.71. The lowest BCUT2D eigenvalue weighted by molar-refractivity contribution is 0.0284. The van der Waals surface area contributed by atoms with Gasteiger partial charge in [0, 0.05) is 6.61 Å². The van der Waals surface area contributed by atoms with Crippen LogP contribution in [0.2, 0.25) is 0 Å². The zero-order chi connectivity index (χ0) is 9.56. The molecule has 0 aromatic carbocycles. The van der Waals surface area contributed by atoms with Crippen molar-refractivity contribution in [2.75, 3.05) is 6.61 Å². The van der Waals surface area contributed by atoms with Gasteiger partial charge in [0.25, 0.3) is 0 Å². The predicted octanol–water partition coefficient (Wildman–Crippen LogP) is 2.21. The molecule has 0 aliphatic carbocycles. The van der Waals surface area contributed by atoms with Gasteiger partial charge in [0.2, 0.25) is 0 Å². The van der Waals surface area contributed by atoms with E-state index in [1.165, 1.54) is 0 Å². The molecular weight excluding hydrogens is 152 g/mol. The number of hydrogen-bond acceptors (Lipinski definition) is 2. The van der Waals surface area contributed by atoms with Crippen LogP contribution in [0.15, 0.2) is 0 Å². The molecule has 12 heavy (non-hydrogen) atoms. The Bertz CT molecular complexity index is 100. The Labute approximate surface area is 75.9 Å². The van der Waals surface area contributed by atoms with Crippen molar-refractivity contribution in [2.24, 2.45) is 5.92 Å². The largest absolute Gasteiger partial charge is 0.393 e. The molecule has 0 amide bonds. The second-order valence-corrected chi connectivity index (χ2v) is 3.81. The summed E-state index contributed by atoms with van der Waals surface area (Å²) in [5, 5.41) is 8.97. The normalized spacial score (nSPS) is 16.5. The van der Waals surface area contributed by atoms with Crippen LogP contribution in [-0.4, -0.2) is 23.9 Å². The van der Waals surface area contributed by atoms with E-state index in [0.717, 1.165) is 19.4 Å². The first-order valence-electron chi connectivity index (χ1n) is 4.83. The Morgan fingerprint density at radius 1 is 1.17 bits per heavy atom. The number of aliphatic hydroxyl groups excluding tert-OH is 1. The molecule has 0 aromatic heterocycles. The van der Waals surface area contributed by atoms with E-state index >= 15 is 0 Å². The van der Waals surface area contributed by atoms with Crippen LogP contribution in [0.25, 0.3) is 0 Å². The molecule has 74 valence electrons. The van der Waals surface area contributed by atoms with Crippen LogP contribution in [-0.2, 0) is 4.74 Å². The van der Waals surface area contributed by atoms with E-state index in [0.29, 0.717) is 12.0 Å². The molecule has 0 aliphatic heterocycles. The third-order valence-corrected chi connectivity index (χ3v) is 2.09. The number of hydrogen-bond donors (Lipinski definition) is 1. The van der Waals surface area contributed by atoms with Gasteiger partial charge in [-0.05, 0) is 32.6 Å². The molecule has 0 saturated carbocycles. The van der Waals surface area contributed by atoms with Crippen molar-refractivity contribution in [2.45, 2.75) is 52.7 Å². The predicted molar refractivity (Wildman–Crippen MR) is 51.2 cm³/mol. The van der Waals surface area contributed by atoms with Crippen LogP contribution in [0.3, 0.4) is 0 Å². The Morgan fingerprint density at radius 3 is 2.17 bits per heavy atom.